The molecular formula is C12H17BrN2. The lowest BCUT2D eigenvalue weighted by molar-refractivity contribution is 0.404. The van der Waals surface area contributed by atoms with Crippen LogP contribution in [0.25, 0.3) is 0 Å². The van der Waals surface area contributed by atoms with Gasteiger partial charge in [-0.3, -0.25) is 0 Å². The van der Waals surface area contributed by atoms with E-state index in [1.807, 2.05) is 12.1 Å². The van der Waals surface area contributed by atoms with Gasteiger partial charge in [-0.2, -0.15) is 0 Å². The highest BCUT2D eigenvalue weighted by molar-refractivity contribution is 9.10. The molecule has 82 valence electrons. The Labute approximate surface area is 99.4 Å². The predicted molar refractivity (Wildman–Crippen MR) is 68.0 cm³/mol. The third kappa shape index (κ3) is 2.95. The number of anilines is 1. The van der Waals surface area contributed by atoms with E-state index in [0.29, 0.717) is 12.1 Å². The van der Waals surface area contributed by atoms with Crippen molar-refractivity contribution >= 4 is 21.6 Å². The molecule has 2 rings (SSSR count). The molecular weight excluding hydrogens is 252 g/mol. The van der Waals surface area contributed by atoms with E-state index in [-0.39, 0.29) is 0 Å². The molecule has 0 spiro atoms. The van der Waals surface area contributed by atoms with E-state index in [4.69, 9.17) is 5.73 Å². The zero-order valence-corrected chi connectivity index (χ0v) is 10.3. The summed E-state index contributed by atoms with van der Waals surface area (Å²) in [7, 11) is 0. The Morgan fingerprint density at radius 2 is 2.07 bits per heavy atom. The van der Waals surface area contributed by atoms with E-state index in [9.17, 15) is 0 Å². The van der Waals surface area contributed by atoms with Gasteiger partial charge in [0.25, 0.3) is 0 Å². The largest absolute Gasteiger partial charge is 0.381 e. The molecule has 0 heterocycles. The number of hydrogen-bond acceptors (Lipinski definition) is 2. The first kappa shape index (κ1) is 11.0. The maximum atomic E-state index is 6.09. The summed E-state index contributed by atoms with van der Waals surface area (Å²) in [6.45, 7) is 0. The topological polar surface area (TPSA) is 38.0 Å². The Bertz CT molecular complexity index is 327. The minimum atomic E-state index is 0.303. The second-order valence-electron chi connectivity index (χ2n) is 4.21. The van der Waals surface area contributed by atoms with Crippen LogP contribution in [0.3, 0.4) is 0 Å². The van der Waals surface area contributed by atoms with Gasteiger partial charge in [-0.25, -0.2) is 0 Å². The number of benzene rings is 1. The average molecular weight is 269 g/mol. The van der Waals surface area contributed by atoms with Gasteiger partial charge in [0, 0.05) is 22.2 Å². The van der Waals surface area contributed by atoms with E-state index in [2.05, 4.69) is 33.4 Å². The highest BCUT2D eigenvalue weighted by Gasteiger charge is 2.21. The molecule has 1 aliphatic carbocycles. The summed E-state index contributed by atoms with van der Waals surface area (Å²) in [5, 5.41) is 3.52. The number of halogens is 1. The molecule has 0 aliphatic heterocycles. The molecule has 1 saturated carbocycles. The normalized spacial score (nSPS) is 26.3. The third-order valence-electron chi connectivity index (χ3n) is 3.00. The maximum Gasteiger partial charge on any atom is 0.0412 e. The van der Waals surface area contributed by atoms with E-state index in [1.54, 1.807) is 0 Å². The summed E-state index contributed by atoms with van der Waals surface area (Å²) < 4.78 is 1.11. The van der Waals surface area contributed by atoms with E-state index in [1.165, 1.54) is 19.3 Å². The summed E-state index contributed by atoms with van der Waals surface area (Å²) in [5.74, 6) is 0. The van der Waals surface area contributed by atoms with Crippen molar-refractivity contribution in [3.05, 3.63) is 28.7 Å². The zero-order valence-electron chi connectivity index (χ0n) is 8.75. The Morgan fingerprint density at radius 1 is 1.27 bits per heavy atom. The van der Waals surface area contributed by atoms with Crippen molar-refractivity contribution in [2.24, 2.45) is 5.73 Å². The van der Waals surface area contributed by atoms with Crippen molar-refractivity contribution < 1.29 is 0 Å². The van der Waals surface area contributed by atoms with Crippen LogP contribution in [-0.2, 0) is 0 Å². The third-order valence-corrected chi connectivity index (χ3v) is 3.49. The summed E-state index contributed by atoms with van der Waals surface area (Å²) in [5.41, 5.74) is 7.25. The Balaban J connectivity index is 2.01. The number of nitrogens with two attached hydrogens (primary N) is 1. The van der Waals surface area contributed by atoms with Crippen molar-refractivity contribution in [2.45, 2.75) is 37.8 Å². The van der Waals surface area contributed by atoms with Crippen molar-refractivity contribution in [3.8, 4) is 0 Å². The van der Waals surface area contributed by atoms with Gasteiger partial charge in [-0.15, -0.1) is 0 Å². The molecule has 0 unspecified atom stereocenters. The number of nitrogens with one attached hydrogen (secondary N) is 1. The molecule has 0 aromatic heterocycles. The average Bonchev–Trinajstić information content (AvgIpc) is 2.22. The molecule has 3 heteroatoms. The molecule has 1 aliphatic rings. The molecule has 3 N–H and O–H groups in total. The van der Waals surface area contributed by atoms with Gasteiger partial charge in [0.1, 0.15) is 0 Å². The molecule has 15 heavy (non-hydrogen) atoms. The smallest absolute Gasteiger partial charge is 0.0412 e. The molecule has 2 nitrogen and oxygen atoms in total. The SMILES string of the molecule is N[C@H]1CCCC[C@@H]1Nc1cccc(Br)c1. The lowest BCUT2D eigenvalue weighted by atomic mass is 9.91. The van der Waals surface area contributed by atoms with Crippen molar-refractivity contribution in [3.63, 3.8) is 0 Å². The first-order valence-corrected chi connectivity index (χ1v) is 6.33. The van der Waals surface area contributed by atoms with Crippen LogP contribution in [0.5, 0.6) is 0 Å². The van der Waals surface area contributed by atoms with Crippen LogP contribution in [0.1, 0.15) is 25.7 Å². The van der Waals surface area contributed by atoms with Crippen LogP contribution in [0, 0.1) is 0 Å². The van der Waals surface area contributed by atoms with Gasteiger partial charge in [-0.1, -0.05) is 34.8 Å². The van der Waals surface area contributed by atoms with Crippen LogP contribution in [-0.4, -0.2) is 12.1 Å². The molecule has 0 bridgehead atoms. The van der Waals surface area contributed by atoms with Gasteiger partial charge in [0.05, 0.1) is 0 Å². The minimum absolute atomic E-state index is 0.303. The molecule has 1 aromatic carbocycles. The Kier molecular flexibility index (Phi) is 3.65. The summed E-state index contributed by atoms with van der Waals surface area (Å²) in [6, 6.07) is 9.01. The minimum Gasteiger partial charge on any atom is -0.381 e. The van der Waals surface area contributed by atoms with Crippen LogP contribution in [0.4, 0.5) is 5.69 Å². The van der Waals surface area contributed by atoms with E-state index < -0.39 is 0 Å². The van der Waals surface area contributed by atoms with Crippen LogP contribution >= 0.6 is 15.9 Å². The molecule has 0 radical (unpaired) electrons. The molecule has 0 saturated heterocycles. The quantitative estimate of drug-likeness (QED) is 0.865. The highest BCUT2D eigenvalue weighted by atomic mass is 79.9. The monoisotopic (exact) mass is 268 g/mol. The fourth-order valence-corrected chi connectivity index (χ4v) is 2.53. The first-order valence-electron chi connectivity index (χ1n) is 5.53. The van der Waals surface area contributed by atoms with Crippen LogP contribution in [0.15, 0.2) is 28.7 Å². The van der Waals surface area contributed by atoms with Crippen molar-refractivity contribution in [1.82, 2.24) is 0 Å². The molecule has 2 atom stereocenters. The molecule has 0 amide bonds. The summed E-state index contributed by atoms with van der Waals surface area (Å²) >= 11 is 3.47. The highest BCUT2D eigenvalue weighted by Crippen LogP contribution is 2.22. The standard InChI is InChI=1S/C12H17BrN2/c13-9-4-3-5-10(8-9)15-12-7-2-1-6-11(12)14/h3-5,8,11-12,15H,1-2,6-7,14H2/t11-,12-/m0/s1. The number of hydrogen-bond donors (Lipinski definition) is 2. The predicted octanol–water partition coefficient (Wildman–Crippen LogP) is 3.13. The molecule has 1 fully saturated rings. The van der Waals surface area contributed by atoms with Gasteiger partial charge >= 0.3 is 0 Å². The van der Waals surface area contributed by atoms with Crippen LogP contribution < -0.4 is 11.1 Å². The fraction of sp³-hybridized carbons (Fsp3) is 0.500. The van der Waals surface area contributed by atoms with Gasteiger partial charge < -0.3 is 11.1 Å². The van der Waals surface area contributed by atoms with Gasteiger partial charge in [0.15, 0.2) is 0 Å². The van der Waals surface area contributed by atoms with Gasteiger partial charge in [0.2, 0.25) is 0 Å². The first-order chi connectivity index (χ1) is 7.25. The lowest BCUT2D eigenvalue weighted by Gasteiger charge is -2.30. The summed E-state index contributed by atoms with van der Waals surface area (Å²) in [4.78, 5) is 0. The second kappa shape index (κ2) is 4.99. The second-order valence-corrected chi connectivity index (χ2v) is 5.13. The molecule has 1 aromatic rings. The van der Waals surface area contributed by atoms with Gasteiger partial charge in [-0.05, 0) is 31.0 Å². The number of rotatable bonds is 2. The maximum absolute atomic E-state index is 6.09. The van der Waals surface area contributed by atoms with Crippen molar-refractivity contribution in [2.75, 3.05) is 5.32 Å². The lowest BCUT2D eigenvalue weighted by Crippen LogP contribution is -2.42. The van der Waals surface area contributed by atoms with Crippen LogP contribution in [0.2, 0.25) is 0 Å². The van der Waals surface area contributed by atoms with Crippen molar-refractivity contribution in [1.29, 1.82) is 0 Å². The van der Waals surface area contributed by atoms with E-state index in [0.717, 1.165) is 16.6 Å². The Hall–Kier alpha value is -0.540. The fourth-order valence-electron chi connectivity index (χ4n) is 2.13. The summed E-state index contributed by atoms with van der Waals surface area (Å²) in [6.07, 6.45) is 4.90. The zero-order chi connectivity index (χ0) is 10.7. The Morgan fingerprint density at radius 3 is 2.80 bits per heavy atom. The van der Waals surface area contributed by atoms with E-state index >= 15 is 0 Å².